The van der Waals surface area contributed by atoms with Gasteiger partial charge in [-0.1, -0.05) is 31.0 Å². The van der Waals surface area contributed by atoms with Gasteiger partial charge < -0.3 is 5.32 Å². The first-order valence-electron chi connectivity index (χ1n) is 6.48. The number of benzene rings is 1. The van der Waals surface area contributed by atoms with Gasteiger partial charge in [-0.2, -0.15) is 0 Å². The van der Waals surface area contributed by atoms with Crippen LogP contribution in [0.3, 0.4) is 0 Å². The molecule has 88 valence electrons. The van der Waals surface area contributed by atoms with E-state index in [-0.39, 0.29) is 0 Å². The third-order valence-electron chi connectivity index (χ3n) is 3.71. The van der Waals surface area contributed by atoms with E-state index in [1.165, 1.54) is 42.0 Å². The second-order valence-electron chi connectivity index (χ2n) is 4.88. The second kappa shape index (κ2) is 4.84. The maximum atomic E-state index is 4.17. The third-order valence-corrected chi connectivity index (χ3v) is 3.71. The van der Waals surface area contributed by atoms with Crippen molar-refractivity contribution in [3.05, 3.63) is 42.2 Å². The molecule has 1 saturated carbocycles. The van der Waals surface area contributed by atoms with Gasteiger partial charge in [0.05, 0.1) is 0 Å². The summed E-state index contributed by atoms with van der Waals surface area (Å²) in [6.45, 7) is 0.978. The van der Waals surface area contributed by atoms with Crippen molar-refractivity contribution < 1.29 is 0 Å². The highest BCUT2D eigenvalue weighted by molar-refractivity contribution is 5.84. The van der Waals surface area contributed by atoms with Gasteiger partial charge in [-0.25, -0.2) is 0 Å². The van der Waals surface area contributed by atoms with Gasteiger partial charge in [0.25, 0.3) is 0 Å². The van der Waals surface area contributed by atoms with Crippen molar-refractivity contribution in [1.82, 2.24) is 10.3 Å². The third kappa shape index (κ3) is 2.32. The first kappa shape index (κ1) is 10.7. The fourth-order valence-electron chi connectivity index (χ4n) is 2.73. The molecule has 0 spiro atoms. The first-order chi connectivity index (χ1) is 8.43. The minimum atomic E-state index is 0.729. The van der Waals surface area contributed by atoms with E-state index in [9.17, 15) is 0 Å². The van der Waals surface area contributed by atoms with Crippen LogP contribution in [-0.2, 0) is 6.54 Å². The van der Waals surface area contributed by atoms with Gasteiger partial charge in [-0.15, -0.1) is 0 Å². The summed E-state index contributed by atoms with van der Waals surface area (Å²) in [7, 11) is 0. The summed E-state index contributed by atoms with van der Waals surface area (Å²) in [5.74, 6) is 0. The molecule has 1 heterocycles. The van der Waals surface area contributed by atoms with Crippen molar-refractivity contribution in [2.24, 2.45) is 0 Å². The number of hydrogen-bond acceptors (Lipinski definition) is 2. The molecule has 2 heteroatoms. The zero-order chi connectivity index (χ0) is 11.5. The van der Waals surface area contributed by atoms with Crippen LogP contribution in [0.15, 0.2) is 36.7 Å². The highest BCUT2D eigenvalue weighted by Gasteiger charge is 2.14. The Morgan fingerprint density at radius 3 is 2.94 bits per heavy atom. The van der Waals surface area contributed by atoms with Crippen molar-refractivity contribution in [2.45, 2.75) is 38.3 Å². The molecular weight excluding hydrogens is 208 g/mol. The first-order valence-corrected chi connectivity index (χ1v) is 6.48. The standard InChI is InChI=1S/C15H18N2/c1-2-7-14(6-1)17-11-13-5-3-4-12-10-16-9-8-15(12)13/h3-5,8-10,14,17H,1-2,6-7,11H2. The molecule has 0 saturated heterocycles. The number of fused-ring (bicyclic) bond motifs is 1. The summed E-state index contributed by atoms with van der Waals surface area (Å²) < 4.78 is 0. The summed E-state index contributed by atoms with van der Waals surface area (Å²) in [5, 5.41) is 6.23. The predicted molar refractivity (Wildman–Crippen MR) is 70.8 cm³/mol. The minimum Gasteiger partial charge on any atom is -0.310 e. The van der Waals surface area contributed by atoms with E-state index in [1.807, 2.05) is 12.4 Å². The summed E-state index contributed by atoms with van der Waals surface area (Å²) >= 11 is 0. The lowest BCUT2D eigenvalue weighted by Gasteiger charge is -2.13. The second-order valence-corrected chi connectivity index (χ2v) is 4.88. The van der Waals surface area contributed by atoms with E-state index in [0.717, 1.165) is 12.6 Å². The van der Waals surface area contributed by atoms with Gasteiger partial charge in [0.1, 0.15) is 0 Å². The van der Waals surface area contributed by atoms with Crippen molar-refractivity contribution in [3.63, 3.8) is 0 Å². The van der Waals surface area contributed by atoms with Crippen molar-refractivity contribution in [3.8, 4) is 0 Å². The normalized spacial score (nSPS) is 16.7. The SMILES string of the molecule is c1cc(CNC2CCCC2)c2ccncc2c1. The van der Waals surface area contributed by atoms with Gasteiger partial charge in [0, 0.05) is 30.4 Å². The van der Waals surface area contributed by atoms with Crippen LogP contribution in [0.5, 0.6) is 0 Å². The summed E-state index contributed by atoms with van der Waals surface area (Å²) in [6, 6.07) is 9.30. The molecule has 1 aliphatic rings. The Kier molecular flexibility index (Phi) is 3.06. The molecule has 0 bridgehead atoms. The molecule has 1 aromatic heterocycles. The number of nitrogens with zero attached hydrogens (tertiary/aromatic N) is 1. The largest absolute Gasteiger partial charge is 0.310 e. The number of pyridine rings is 1. The molecule has 0 unspecified atom stereocenters. The topological polar surface area (TPSA) is 24.9 Å². The predicted octanol–water partition coefficient (Wildman–Crippen LogP) is 3.27. The smallest absolute Gasteiger partial charge is 0.0346 e. The lowest BCUT2D eigenvalue weighted by molar-refractivity contribution is 0.525. The van der Waals surface area contributed by atoms with Crippen LogP contribution in [0.1, 0.15) is 31.2 Å². The van der Waals surface area contributed by atoms with E-state index in [4.69, 9.17) is 0 Å². The Labute approximate surface area is 102 Å². The van der Waals surface area contributed by atoms with Gasteiger partial charge in [-0.3, -0.25) is 4.98 Å². The molecule has 0 aliphatic heterocycles. The van der Waals surface area contributed by atoms with E-state index < -0.39 is 0 Å². The zero-order valence-corrected chi connectivity index (χ0v) is 10.0. The molecule has 2 nitrogen and oxygen atoms in total. The van der Waals surface area contributed by atoms with Crippen molar-refractivity contribution >= 4 is 10.8 Å². The van der Waals surface area contributed by atoms with Gasteiger partial charge in [0.15, 0.2) is 0 Å². The fourth-order valence-corrected chi connectivity index (χ4v) is 2.73. The molecule has 0 radical (unpaired) electrons. The van der Waals surface area contributed by atoms with Gasteiger partial charge in [0.2, 0.25) is 0 Å². The van der Waals surface area contributed by atoms with Crippen molar-refractivity contribution in [1.29, 1.82) is 0 Å². The summed E-state index contributed by atoms with van der Waals surface area (Å²) in [5.41, 5.74) is 1.39. The lowest BCUT2D eigenvalue weighted by Crippen LogP contribution is -2.25. The van der Waals surface area contributed by atoms with Crippen LogP contribution in [-0.4, -0.2) is 11.0 Å². The molecule has 0 atom stereocenters. The Bertz CT molecular complexity index is 496. The zero-order valence-electron chi connectivity index (χ0n) is 10.0. The Morgan fingerprint density at radius 1 is 1.18 bits per heavy atom. The maximum absolute atomic E-state index is 4.17. The molecule has 0 amide bonds. The van der Waals surface area contributed by atoms with Crippen LogP contribution in [0.25, 0.3) is 10.8 Å². The molecule has 1 aromatic carbocycles. The van der Waals surface area contributed by atoms with E-state index in [2.05, 4.69) is 34.6 Å². The van der Waals surface area contributed by atoms with Crippen LogP contribution in [0.2, 0.25) is 0 Å². The van der Waals surface area contributed by atoms with E-state index >= 15 is 0 Å². The van der Waals surface area contributed by atoms with Crippen molar-refractivity contribution in [2.75, 3.05) is 0 Å². The lowest BCUT2D eigenvalue weighted by atomic mass is 10.1. The van der Waals surface area contributed by atoms with Crippen LogP contribution < -0.4 is 5.32 Å². The molecule has 3 rings (SSSR count). The number of rotatable bonds is 3. The average Bonchev–Trinajstić information content (AvgIpc) is 2.89. The number of nitrogens with one attached hydrogen (secondary N) is 1. The molecular formula is C15H18N2. The molecule has 1 N–H and O–H groups in total. The Balaban J connectivity index is 1.79. The van der Waals surface area contributed by atoms with Crippen LogP contribution in [0.4, 0.5) is 0 Å². The fraction of sp³-hybridized carbons (Fsp3) is 0.400. The minimum absolute atomic E-state index is 0.729. The highest BCUT2D eigenvalue weighted by Crippen LogP contribution is 2.20. The van der Waals surface area contributed by atoms with E-state index in [1.54, 1.807) is 0 Å². The van der Waals surface area contributed by atoms with E-state index in [0.29, 0.717) is 0 Å². The number of hydrogen-bond donors (Lipinski definition) is 1. The Hall–Kier alpha value is -1.41. The number of aromatic nitrogens is 1. The maximum Gasteiger partial charge on any atom is 0.0346 e. The average molecular weight is 226 g/mol. The molecule has 1 aliphatic carbocycles. The van der Waals surface area contributed by atoms with Crippen LogP contribution in [0, 0.1) is 0 Å². The van der Waals surface area contributed by atoms with Crippen LogP contribution >= 0.6 is 0 Å². The Morgan fingerprint density at radius 2 is 2.06 bits per heavy atom. The highest BCUT2D eigenvalue weighted by atomic mass is 14.9. The summed E-state index contributed by atoms with van der Waals surface area (Å²) in [4.78, 5) is 4.17. The molecule has 1 fully saturated rings. The molecule has 2 aromatic rings. The van der Waals surface area contributed by atoms with Gasteiger partial charge >= 0.3 is 0 Å². The quantitative estimate of drug-likeness (QED) is 0.869. The monoisotopic (exact) mass is 226 g/mol. The molecule has 17 heavy (non-hydrogen) atoms. The van der Waals surface area contributed by atoms with Gasteiger partial charge in [-0.05, 0) is 29.9 Å². The summed E-state index contributed by atoms with van der Waals surface area (Å²) in [6.07, 6.45) is 9.27.